The first-order valence-corrected chi connectivity index (χ1v) is 15.2. The van der Waals surface area contributed by atoms with Crippen LogP contribution in [0.1, 0.15) is 52.5 Å². The van der Waals surface area contributed by atoms with Crippen molar-refractivity contribution in [1.29, 1.82) is 0 Å². The number of esters is 1. The van der Waals surface area contributed by atoms with E-state index in [0.29, 0.717) is 17.9 Å². The molecule has 44 heavy (non-hydrogen) atoms. The van der Waals surface area contributed by atoms with Crippen molar-refractivity contribution in [2.45, 2.75) is 89.1 Å². The van der Waals surface area contributed by atoms with Crippen LogP contribution in [0.3, 0.4) is 0 Å². The van der Waals surface area contributed by atoms with E-state index in [1.165, 1.54) is 12.0 Å². The van der Waals surface area contributed by atoms with E-state index in [9.17, 15) is 19.5 Å². The molecule has 0 saturated carbocycles. The number of benzene rings is 1. The highest BCUT2D eigenvalue weighted by molar-refractivity contribution is 6.35. The molecule has 7 atom stereocenters. The lowest BCUT2D eigenvalue weighted by Gasteiger charge is -2.39. The maximum Gasteiger partial charge on any atom is 0.409 e. The molecule has 3 aliphatic heterocycles. The minimum atomic E-state index is -1.52. The standard InChI is InChI=1S/C32H44ClN3O8/c1-18-11-9-10-12-32(40)17-24(42-30(39)34-32)19(2)28-31(4,44-28)25(43-29(38)20(3)35(5)6)16-26(37)36(7)22-14-21(13-18)15-23(41-8)27(22)33/h9-11,14-15,19-20,24-25,28,40H,12-13,16-17H2,1-8H3,(H,34,39)/b10-9+,18-11+/t19-,20+,24+,25+,28?,31+,32-/m1/s1. The molecule has 1 aromatic carbocycles. The fraction of sp³-hybridized carbons (Fsp3) is 0.594. The van der Waals surface area contributed by atoms with E-state index in [4.69, 9.17) is 30.5 Å². The summed E-state index contributed by atoms with van der Waals surface area (Å²) in [5, 5.41) is 14.1. The van der Waals surface area contributed by atoms with Gasteiger partial charge in [0.1, 0.15) is 40.3 Å². The summed E-state index contributed by atoms with van der Waals surface area (Å²) >= 11 is 6.69. The molecule has 2 saturated heterocycles. The van der Waals surface area contributed by atoms with Crippen LogP contribution in [0.4, 0.5) is 10.5 Å². The molecule has 2 fully saturated rings. The zero-order valence-electron chi connectivity index (χ0n) is 26.7. The van der Waals surface area contributed by atoms with Gasteiger partial charge in [-0.3, -0.25) is 19.8 Å². The van der Waals surface area contributed by atoms with Crippen molar-refractivity contribution in [3.8, 4) is 5.75 Å². The zero-order valence-corrected chi connectivity index (χ0v) is 27.4. The van der Waals surface area contributed by atoms with Crippen LogP contribution >= 0.6 is 11.6 Å². The summed E-state index contributed by atoms with van der Waals surface area (Å²) < 4.78 is 23.3. The van der Waals surface area contributed by atoms with Crippen molar-refractivity contribution in [3.05, 3.63) is 46.5 Å². The Morgan fingerprint density at radius 2 is 2.00 bits per heavy atom. The van der Waals surface area contributed by atoms with Gasteiger partial charge in [0.05, 0.1) is 25.3 Å². The number of carbonyl (C=O) groups excluding carboxylic acids is 3. The van der Waals surface area contributed by atoms with Gasteiger partial charge in [-0.1, -0.05) is 42.3 Å². The van der Waals surface area contributed by atoms with Gasteiger partial charge in [-0.15, -0.1) is 0 Å². The molecule has 2 amide bonds. The second-order valence-electron chi connectivity index (χ2n) is 12.6. The van der Waals surface area contributed by atoms with Crippen LogP contribution in [0.2, 0.25) is 5.02 Å². The normalized spacial score (nSPS) is 33.7. The molecule has 3 heterocycles. The Morgan fingerprint density at radius 1 is 1.30 bits per heavy atom. The van der Waals surface area contributed by atoms with Gasteiger partial charge in [-0.05, 0) is 59.0 Å². The Labute approximate surface area is 264 Å². The van der Waals surface area contributed by atoms with Crippen molar-refractivity contribution in [2.75, 3.05) is 33.2 Å². The molecule has 0 radical (unpaired) electrons. The van der Waals surface area contributed by atoms with Crippen molar-refractivity contribution in [3.63, 3.8) is 0 Å². The first-order valence-electron chi connectivity index (χ1n) is 14.8. The first kappa shape index (κ1) is 33.8. The number of alkyl carbamates (subject to hydrolysis) is 1. The van der Waals surface area contributed by atoms with Crippen molar-refractivity contribution in [1.82, 2.24) is 10.2 Å². The second-order valence-corrected chi connectivity index (χ2v) is 12.9. The van der Waals surface area contributed by atoms with Crippen molar-refractivity contribution < 1.29 is 38.4 Å². The number of fused-ring (bicyclic) bond motifs is 5. The summed E-state index contributed by atoms with van der Waals surface area (Å²) in [6, 6.07) is 3.09. The van der Waals surface area contributed by atoms with E-state index < -0.39 is 47.7 Å². The smallest absolute Gasteiger partial charge is 0.409 e. The van der Waals surface area contributed by atoms with Gasteiger partial charge in [-0.25, -0.2) is 4.79 Å². The molecule has 4 bridgehead atoms. The average molecular weight is 634 g/mol. The quantitative estimate of drug-likeness (QED) is 0.373. The highest BCUT2D eigenvalue weighted by atomic mass is 35.5. The number of nitrogens with one attached hydrogen (secondary N) is 1. The maximum atomic E-state index is 13.9. The summed E-state index contributed by atoms with van der Waals surface area (Å²) in [4.78, 5) is 42.7. The van der Waals surface area contributed by atoms with Crippen molar-refractivity contribution >= 4 is 35.3 Å². The predicted octanol–water partition coefficient (Wildman–Crippen LogP) is 3.99. The number of ether oxygens (including phenoxy) is 4. The number of anilines is 1. The number of epoxide rings is 1. The van der Waals surface area contributed by atoms with E-state index in [1.54, 1.807) is 46.0 Å². The number of amides is 2. The van der Waals surface area contributed by atoms with Crippen LogP contribution in [0.5, 0.6) is 5.75 Å². The molecule has 3 aliphatic rings. The minimum absolute atomic E-state index is 0.122. The average Bonchev–Trinajstić information content (AvgIpc) is 3.65. The van der Waals surface area contributed by atoms with Gasteiger partial charge < -0.3 is 29.0 Å². The Balaban J connectivity index is 1.76. The summed E-state index contributed by atoms with van der Waals surface area (Å²) in [6.07, 6.45) is 3.29. The van der Waals surface area contributed by atoms with Gasteiger partial charge in [0.2, 0.25) is 5.91 Å². The Hall–Kier alpha value is -3.12. The van der Waals surface area contributed by atoms with Gasteiger partial charge in [0.25, 0.3) is 0 Å². The molecule has 242 valence electrons. The molecular formula is C32H44ClN3O8. The van der Waals surface area contributed by atoms with Gasteiger partial charge in [0, 0.05) is 25.8 Å². The highest BCUT2D eigenvalue weighted by Gasteiger charge is 2.64. The molecule has 0 spiro atoms. The van der Waals surface area contributed by atoms with Crippen LogP contribution < -0.4 is 15.0 Å². The number of hydrogen-bond donors (Lipinski definition) is 2. The van der Waals surface area contributed by atoms with Gasteiger partial charge in [0.15, 0.2) is 0 Å². The third kappa shape index (κ3) is 7.22. The molecule has 4 rings (SSSR count). The lowest BCUT2D eigenvalue weighted by atomic mass is 9.84. The SMILES string of the molecule is COc1cc2cc(c1Cl)N(C)C(=O)C[C@H](OC(=O)[C@H](C)N(C)C)[C@]1(C)OC1[C@H](C)[C@@H]1C[C@](O)(C/C=C/C=C(\C)C2)NC(=O)O1. The Kier molecular flexibility index (Phi) is 10.0. The number of methoxy groups -OCH3 is 1. The van der Waals surface area contributed by atoms with Crippen LogP contribution in [-0.2, 0) is 30.2 Å². The number of nitrogens with zero attached hydrogens (tertiary/aromatic N) is 2. The molecule has 12 heteroatoms. The fourth-order valence-electron chi connectivity index (χ4n) is 5.78. The van der Waals surface area contributed by atoms with E-state index in [-0.39, 0.29) is 36.1 Å². The zero-order chi connectivity index (χ0) is 32.6. The fourth-order valence-corrected chi connectivity index (χ4v) is 6.10. The van der Waals surface area contributed by atoms with Crippen molar-refractivity contribution in [2.24, 2.45) is 5.92 Å². The molecular weight excluding hydrogens is 590 g/mol. The third-order valence-corrected chi connectivity index (χ3v) is 9.33. The lowest BCUT2D eigenvalue weighted by Crippen LogP contribution is -2.57. The summed E-state index contributed by atoms with van der Waals surface area (Å²) in [7, 11) is 6.66. The maximum absolute atomic E-state index is 13.9. The van der Waals surface area contributed by atoms with Crippen LogP contribution in [0, 0.1) is 5.92 Å². The molecule has 0 aliphatic carbocycles. The molecule has 0 aromatic heterocycles. The minimum Gasteiger partial charge on any atom is -0.495 e. The Morgan fingerprint density at radius 3 is 2.66 bits per heavy atom. The van der Waals surface area contributed by atoms with Gasteiger partial charge >= 0.3 is 12.1 Å². The van der Waals surface area contributed by atoms with Crippen LogP contribution in [0.25, 0.3) is 0 Å². The third-order valence-electron chi connectivity index (χ3n) is 8.95. The highest BCUT2D eigenvalue weighted by Crippen LogP contribution is 2.49. The molecule has 11 nitrogen and oxygen atoms in total. The molecule has 1 unspecified atom stereocenters. The Bertz CT molecular complexity index is 1350. The topological polar surface area (TPSA) is 130 Å². The number of halogens is 1. The van der Waals surface area contributed by atoms with E-state index in [2.05, 4.69) is 5.32 Å². The molecule has 2 N–H and O–H groups in total. The number of hydrogen-bond acceptors (Lipinski definition) is 9. The van der Waals surface area contributed by atoms with Crippen LogP contribution in [-0.4, -0.2) is 91.9 Å². The predicted molar refractivity (Wildman–Crippen MR) is 166 cm³/mol. The molecule has 1 aromatic rings. The first-order chi connectivity index (χ1) is 20.6. The van der Waals surface area contributed by atoms with E-state index in [0.717, 1.165) is 11.1 Å². The lowest BCUT2D eigenvalue weighted by molar-refractivity contribution is -0.158. The number of carbonyl (C=O) groups is 3. The van der Waals surface area contributed by atoms with Crippen LogP contribution in [0.15, 0.2) is 35.9 Å². The monoisotopic (exact) mass is 633 g/mol. The van der Waals surface area contributed by atoms with E-state index >= 15 is 0 Å². The number of aliphatic hydroxyl groups is 1. The number of likely N-dealkylation sites (N-methyl/N-ethyl adjacent to an activating group) is 1. The van der Waals surface area contributed by atoms with Gasteiger partial charge in [-0.2, -0.15) is 0 Å². The summed E-state index contributed by atoms with van der Waals surface area (Å²) in [5.74, 6) is -0.815. The largest absolute Gasteiger partial charge is 0.495 e. The summed E-state index contributed by atoms with van der Waals surface area (Å²) in [5.41, 5.74) is -0.247. The second kappa shape index (κ2) is 13.1. The number of rotatable bonds is 4. The number of allylic oxidation sites excluding steroid dienone is 3. The van der Waals surface area contributed by atoms with E-state index in [1.807, 2.05) is 38.1 Å². The summed E-state index contributed by atoms with van der Waals surface area (Å²) in [6.45, 7) is 7.32.